The molecule has 0 bridgehead atoms. The third-order valence-electron chi connectivity index (χ3n) is 0.750. The highest BCUT2D eigenvalue weighted by Crippen LogP contribution is 1.88. The van der Waals surface area contributed by atoms with Crippen LogP contribution in [0.1, 0.15) is 13.3 Å². The number of alkyl halides is 1. The largest absolute Gasteiger partial charge is 0.464 e. The molecular weight excluding hydrogens is 154 g/mol. The van der Waals surface area contributed by atoms with Crippen molar-refractivity contribution in [3.63, 3.8) is 0 Å². The third kappa shape index (κ3) is 5.56. The summed E-state index contributed by atoms with van der Waals surface area (Å²) in [6.45, 7) is 1.79. The van der Waals surface area contributed by atoms with Crippen LogP contribution in [0.5, 0.6) is 0 Å². The molecule has 0 aromatic rings. The molecular formula is C6H10ClNO2. The summed E-state index contributed by atoms with van der Waals surface area (Å²) in [5, 5.41) is 6.93. The van der Waals surface area contributed by atoms with Crippen LogP contribution in [0.2, 0.25) is 0 Å². The van der Waals surface area contributed by atoms with Gasteiger partial charge in [-0.15, -0.1) is 11.6 Å². The Hall–Kier alpha value is -0.570. The minimum Gasteiger partial charge on any atom is -0.464 e. The van der Waals surface area contributed by atoms with Gasteiger partial charge in [0.25, 0.3) is 0 Å². The minimum absolute atomic E-state index is 0.0664. The van der Waals surface area contributed by atoms with Crippen LogP contribution in [0.25, 0.3) is 0 Å². The standard InChI is InChI=1S/C6H10ClNO2/c1-5(8)4-6(9)10-3-2-7/h8H,2-4H2,1H3. The first-order valence-corrected chi connectivity index (χ1v) is 3.46. The highest BCUT2D eigenvalue weighted by molar-refractivity contribution is 6.18. The molecule has 0 atom stereocenters. The van der Waals surface area contributed by atoms with Gasteiger partial charge in [0.15, 0.2) is 0 Å². The maximum Gasteiger partial charge on any atom is 0.311 e. The van der Waals surface area contributed by atoms with E-state index in [4.69, 9.17) is 17.0 Å². The molecule has 0 aliphatic carbocycles. The zero-order valence-electron chi connectivity index (χ0n) is 5.82. The summed E-state index contributed by atoms with van der Waals surface area (Å²) in [5.74, 6) is -0.0730. The van der Waals surface area contributed by atoms with Crippen LogP contribution in [0.3, 0.4) is 0 Å². The van der Waals surface area contributed by atoms with Crippen molar-refractivity contribution in [2.75, 3.05) is 12.5 Å². The minimum atomic E-state index is -0.381. The van der Waals surface area contributed by atoms with E-state index in [-0.39, 0.29) is 19.0 Å². The summed E-state index contributed by atoms with van der Waals surface area (Å²) in [6, 6.07) is 0. The normalized spacial score (nSPS) is 9.00. The Kier molecular flexibility index (Phi) is 4.94. The fraction of sp³-hybridized carbons (Fsp3) is 0.667. The molecule has 0 radical (unpaired) electrons. The fourth-order valence-corrected chi connectivity index (χ4v) is 0.497. The van der Waals surface area contributed by atoms with Gasteiger partial charge in [0.05, 0.1) is 12.3 Å². The Morgan fingerprint density at radius 3 is 2.70 bits per heavy atom. The Labute approximate surface area is 64.8 Å². The maximum absolute atomic E-state index is 10.6. The van der Waals surface area contributed by atoms with Crippen LogP contribution in [-0.4, -0.2) is 24.2 Å². The Morgan fingerprint density at radius 2 is 2.30 bits per heavy atom. The van der Waals surface area contributed by atoms with E-state index in [1.54, 1.807) is 6.92 Å². The summed E-state index contributed by atoms with van der Waals surface area (Å²) < 4.78 is 4.59. The van der Waals surface area contributed by atoms with Crippen LogP contribution < -0.4 is 0 Å². The topological polar surface area (TPSA) is 50.2 Å². The average Bonchev–Trinajstić information content (AvgIpc) is 1.82. The molecule has 58 valence electrons. The van der Waals surface area contributed by atoms with Gasteiger partial charge in [-0.2, -0.15) is 0 Å². The van der Waals surface area contributed by atoms with E-state index < -0.39 is 0 Å². The summed E-state index contributed by atoms with van der Waals surface area (Å²) in [5.41, 5.74) is 0.305. The lowest BCUT2D eigenvalue weighted by Crippen LogP contribution is -2.09. The first-order chi connectivity index (χ1) is 4.66. The number of halogens is 1. The van der Waals surface area contributed by atoms with E-state index in [2.05, 4.69) is 4.74 Å². The number of carbonyl (C=O) groups excluding carboxylic acids is 1. The molecule has 10 heavy (non-hydrogen) atoms. The molecule has 0 spiro atoms. The molecule has 4 heteroatoms. The first kappa shape index (κ1) is 9.43. The number of rotatable bonds is 4. The van der Waals surface area contributed by atoms with E-state index in [1.165, 1.54) is 0 Å². The lowest BCUT2D eigenvalue weighted by atomic mass is 10.3. The highest BCUT2D eigenvalue weighted by atomic mass is 35.5. The number of ether oxygens (including phenoxy) is 1. The Bertz CT molecular complexity index is 136. The molecule has 0 heterocycles. The number of esters is 1. The van der Waals surface area contributed by atoms with Gasteiger partial charge in [-0.3, -0.25) is 4.79 Å². The van der Waals surface area contributed by atoms with Crippen LogP contribution in [-0.2, 0) is 9.53 Å². The van der Waals surface area contributed by atoms with Gasteiger partial charge in [0, 0.05) is 5.71 Å². The summed E-state index contributed by atoms with van der Waals surface area (Å²) in [7, 11) is 0. The molecule has 0 saturated heterocycles. The quantitative estimate of drug-likeness (QED) is 0.385. The van der Waals surface area contributed by atoms with Crippen molar-refractivity contribution in [1.82, 2.24) is 0 Å². The molecule has 0 rings (SSSR count). The Morgan fingerprint density at radius 1 is 1.70 bits per heavy atom. The van der Waals surface area contributed by atoms with Gasteiger partial charge in [0.1, 0.15) is 6.61 Å². The molecule has 0 amide bonds. The van der Waals surface area contributed by atoms with E-state index in [0.29, 0.717) is 11.6 Å². The smallest absolute Gasteiger partial charge is 0.311 e. The van der Waals surface area contributed by atoms with E-state index >= 15 is 0 Å². The van der Waals surface area contributed by atoms with Gasteiger partial charge in [-0.1, -0.05) is 0 Å². The van der Waals surface area contributed by atoms with Crippen LogP contribution in [0, 0.1) is 5.41 Å². The van der Waals surface area contributed by atoms with Gasteiger partial charge < -0.3 is 10.1 Å². The van der Waals surface area contributed by atoms with E-state index in [9.17, 15) is 4.79 Å². The average molecular weight is 164 g/mol. The second-order valence-electron chi connectivity index (χ2n) is 1.87. The Balaban J connectivity index is 3.35. The van der Waals surface area contributed by atoms with Crippen molar-refractivity contribution in [2.24, 2.45) is 0 Å². The molecule has 0 saturated carbocycles. The monoisotopic (exact) mass is 163 g/mol. The molecule has 0 aliphatic heterocycles. The predicted octanol–water partition coefficient (Wildman–Crippen LogP) is 1.20. The van der Waals surface area contributed by atoms with Gasteiger partial charge >= 0.3 is 5.97 Å². The number of hydrogen-bond donors (Lipinski definition) is 1. The first-order valence-electron chi connectivity index (χ1n) is 2.92. The molecule has 0 aromatic carbocycles. The fourth-order valence-electron chi connectivity index (χ4n) is 0.420. The van der Waals surface area contributed by atoms with Crippen LogP contribution in [0.15, 0.2) is 0 Å². The van der Waals surface area contributed by atoms with Gasteiger partial charge in [-0.05, 0) is 6.92 Å². The predicted molar refractivity (Wildman–Crippen MR) is 39.7 cm³/mol. The second kappa shape index (κ2) is 5.23. The lowest BCUT2D eigenvalue weighted by molar-refractivity contribution is -0.141. The molecule has 0 fully saturated rings. The van der Waals surface area contributed by atoms with Crippen molar-refractivity contribution >= 4 is 23.3 Å². The molecule has 0 aliphatic rings. The summed E-state index contributed by atoms with van der Waals surface area (Å²) in [4.78, 5) is 10.6. The maximum atomic E-state index is 10.6. The molecule has 0 aromatic heterocycles. The van der Waals surface area contributed by atoms with Crippen molar-refractivity contribution in [3.8, 4) is 0 Å². The second-order valence-corrected chi connectivity index (χ2v) is 2.24. The van der Waals surface area contributed by atoms with E-state index in [1.807, 2.05) is 0 Å². The lowest BCUT2D eigenvalue weighted by Gasteiger charge is -1.99. The SMILES string of the molecule is CC(=N)CC(=O)OCCCl. The van der Waals surface area contributed by atoms with Crippen LogP contribution in [0.4, 0.5) is 0 Å². The molecule has 3 nitrogen and oxygen atoms in total. The zero-order valence-corrected chi connectivity index (χ0v) is 6.57. The number of carbonyl (C=O) groups is 1. The number of hydrogen-bond acceptors (Lipinski definition) is 3. The highest BCUT2D eigenvalue weighted by Gasteiger charge is 2.01. The number of nitrogens with one attached hydrogen (secondary N) is 1. The van der Waals surface area contributed by atoms with E-state index in [0.717, 1.165) is 0 Å². The van der Waals surface area contributed by atoms with Crippen molar-refractivity contribution < 1.29 is 9.53 Å². The van der Waals surface area contributed by atoms with Crippen LogP contribution >= 0.6 is 11.6 Å². The summed E-state index contributed by atoms with van der Waals surface area (Å²) >= 11 is 5.25. The van der Waals surface area contributed by atoms with Gasteiger partial charge in [-0.25, -0.2) is 0 Å². The molecule has 1 N–H and O–H groups in total. The molecule has 0 unspecified atom stereocenters. The van der Waals surface area contributed by atoms with Crippen molar-refractivity contribution in [1.29, 1.82) is 5.41 Å². The van der Waals surface area contributed by atoms with Crippen molar-refractivity contribution in [3.05, 3.63) is 0 Å². The van der Waals surface area contributed by atoms with Gasteiger partial charge in [0.2, 0.25) is 0 Å². The summed E-state index contributed by atoms with van der Waals surface area (Å²) in [6.07, 6.45) is 0.0664. The third-order valence-corrected chi connectivity index (χ3v) is 0.904. The zero-order chi connectivity index (χ0) is 7.98. The van der Waals surface area contributed by atoms with Crippen molar-refractivity contribution in [2.45, 2.75) is 13.3 Å².